The molecule has 1 aromatic heterocycles. The molecule has 0 atom stereocenters. The number of aromatic nitrogens is 2. The van der Waals surface area contributed by atoms with E-state index in [4.69, 9.17) is 14.5 Å². The van der Waals surface area contributed by atoms with Crippen LogP contribution in [0, 0.1) is 6.92 Å². The van der Waals surface area contributed by atoms with Crippen LogP contribution in [0.3, 0.4) is 0 Å². The van der Waals surface area contributed by atoms with Crippen molar-refractivity contribution in [2.24, 2.45) is 0 Å². The average Bonchev–Trinajstić information content (AvgIpc) is 2.89. The second kappa shape index (κ2) is 11.0. The van der Waals surface area contributed by atoms with E-state index in [0.29, 0.717) is 24.1 Å². The number of benzene rings is 3. The van der Waals surface area contributed by atoms with E-state index in [1.54, 1.807) is 16.7 Å². The summed E-state index contributed by atoms with van der Waals surface area (Å²) in [6.45, 7) is 4.97. The molecule has 0 saturated carbocycles. The van der Waals surface area contributed by atoms with Gasteiger partial charge in [0.1, 0.15) is 18.2 Å². The van der Waals surface area contributed by atoms with Gasteiger partial charge in [-0.3, -0.25) is 9.36 Å². The highest BCUT2D eigenvalue weighted by molar-refractivity contribution is 5.89. The second-order valence-electron chi connectivity index (χ2n) is 8.66. The number of ether oxygens (including phenoxy) is 2. The maximum atomic E-state index is 13.3. The van der Waals surface area contributed by atoms with Crippen LogP contribution in [-0.4, -0.2) is 22.6 Å². The van der Waals surface area contributed by atoms with E-state index in [2.05, 4.69) is 6.92 Å². The number of unbranched alkanes of at least 4 members (excludes halogenated alkanes) is 1. The first kappa shape index (κ1) is 24.2. The minimum absolute atomic E-state index is 0.000492. The third kappa shape index (κ3) is 5.77. The molecule has 0 bridgehead atoms. The molecule has 0 aliphatic rings. The van der Waals surface area contributed by atoms with Gasteiger partial charge >= 0.3 is 5.97 Å². The summed E-state index contributed by atoms with van der Waals surface area (Å²) in [5.74, 6) is 1.20. The van der Waals surface area contributed by atoms with Gasteiger partial charge in [-0.2, -0.15) is 0 Å². The van der Waals surface area contributed by atoms with E-state index < -0.39 is 0 Å². The van der Waals surface area contributed by atoms with Gasteiger partial charge in [-0.05, 0) is 60.9 Å². The lowest BCUT2D eigenvalue weighted by Crippen LogP contribution is -2.26. The largest absolute Gasteiger partial charge is 0.489 e. The summed E-state index contributed by atoms with van der Waals surface area (Å²) in [6.07, 6.45) is 2.79. The van der Waals surface area contributed by atoms with Gasteiger partial charge in [-0.25, -0.2) is 9.78 Å². The SMILES string of the molecule is CCCCc1nc2ccc(C)cc2c(=O)n1Cc1ccc(OCc2ccc(C(=O)OC)cc2)cc1. The number of carbonyl (C=O) groups excluding carboxylic acids is 1. The topological polar surface area (TPSA) is 70.4 Å². The highest BCUT2D eigenvalue weighted by Gasteiger charge is 2.12. The van der Waals surface area contributed by atoms with Crippen LogP contribution in [0.4, 0.5) is 0 Å². The number of aryl methyl sites for hydroxylation is 2. The van der Waals surface area contributed by atoms with E-state index >= 15 is 0 Å². The predicted molar refractivity (Wildman–Crippen MR) is 137 cm³/mol. The van der Waals surface area contributed by atoms with Gasteiger partial charge < -0.3 is 9.47 Å². The van der Waals surface area contributed by atoms with Crippen LogP contribution < -0.4 is 10.3 Å². The Morgan fingerprint density at radius 2 is 1.69 bits per heavy atom. The van der Waals surface area contributed by atoms with Crippen molar-refractivity contribution in [2.75, 3.05) is 7.11 Å². The molecule has 1 heterocycles. The maximum absolute atomic E-state index is 13.3. The molecule has 4 aromatic rings. The van der Waals surface area contributed by atoms with Crippen molar-refractivity contribution in [3.8, 4) is 5.75 Å². The highest BCUT2D eigenvalue weighted by Crippen LogP contribution is 2.17. The molecule has 0 radical (unpaired) electrons. The molecule has 0 aliphatic carbocycles. The van der Waals surface area contributed by atoms with Crippen molar-refractivity contribution in [3.05, 3.63) is 105 Å². The van der Waals surface area contributed by atoms with E-state index in [-0.39, 0.29) is 11.5 Å². The summed E-state index contributed by atoms with van der Waals surface area (Å²) in [7, 11) is 1.36. The molecule has 0 N–H and O–H groups in total. The van der Waals surface area contributed by atoms with Crippen molar-refractivity contribution in [1.29, 1.82) is 0 Å². The number of hydrogen-bond acceptors (Lipinski definition) is 5. The van der Waals surface area contributed by atoms with Gasteiger partial charge in [0.15, 0.2) is 0 Å². The first-order chi connectivity index (χ1) is 17.0. The molecule has 0 saturated heterocycles. The molecule has 4 rings (SSSR count). The third-order valence-electron chi connectivity index (χ3n) is 5.99. The number of rotatable bonds is 9. The molecule has 0 spiro atoms. The van der Waals surface area contributed by atoms with Gasteiger partial charge in [0.05, 0.1) is 30.1 Å². The summed E-state index contributed by atoms with van der Waals surface area (Å²) in [5.41, 5.74) is 4.27. The van der Waals surface area contributed by atoms with Gasteiger partial charge in [-0.1, -0.05) is 49.2 Å². The fraction of sp³-hybridized carbons (Fsp3) is 0.276. The molecule has 3 aromatic carbocycles. The van der Waals surface area contributed by atoms with Crippen molar-refractivity contribution >= 4 is 16.9 Å². The highest BCUT2D eigenvalue weighted by atomic mass is 16.5. The van der Waals surface area contributed by atoms with Gasteiger partial charge in [0, 0.05) is 6.42 Å². The second-order valence-corrected chi connectivity index (χ2v) is 8.66. The van der Waals surface area contributed by atoms with Crippen molar-refractivity contribution in [2.45, 2.75) is 46.3 Å². The first-order valence-corrected chi connectivity index (χ1v) is 11.9. The van der Waals surface area contributed by atoms with E-state index in [1.807, 2.05) is 61.5 Å². The number of carbonyl (C=O) groups is 1. The number of hydrogen-bond donors (Lipinski definition) is 0. The molecule has 0 unspecified atom stereocenters. The molecule has 0 amide bonds. The minimum atomic E-state index is -0.359. The van der Waals surface area contributed by atoms with Gasteiger partial charge in [0.2, 0.25) is 0 Å². The molecule has 0 aliphatic heterocycles. The Bertz CT molecular complexity index is 1370. The predicted octanol–water partition coefficient (Wildman–Crippen LogP) is 5.46. The monoisotopic (exact) mass is 470 g/mol. The summed E-state index contributed by atoms with van der Waals surface area (Å²) < 4.78 is 12.4. The average molecular weight is 471 g/mol. The fourth-order valence-corrected chi connectivity index (χ4v) is 3.96. The zero-order valence-electron chi connectivity index (χ0n) is 20.4. The quantitative estimate of drug-likeness (QED) is 0.304. The van der Waals surface area contributed by atoms with Crippen LogP contribution in [0.2, 0.25) is 0 Å². The zero-order chi connectivity index (χ0) is 24.8. The molecule has 0 fully saturated rings. The Morgan fingerprint density at radius 3 is 2.37 bits per heavy atom. The van der Waals surface area contributed by atoms with E-state index in [0.717, 1.165) is 53.0 Å². The number of methoxy groups -OCH3 is 1. The maximum Gasteiger partial charge on any atom is 0.337 e. The number of fused-ring (bicyclic) bond motifs is 1. The molecular weight excluding hydrogens is 440 g/mol. The van der Waals surface area contributed by atoms with E-state index in [1.165, 1.54) is 7.11 Å². The Hall–Kier alpha value is -3.93. The summed E-state index contributed by atoms with van der Waals surface area (Å²) in [5, 5.41) is 0.656. The van der Waals surface area contributed by atoms with Crippen molar-refractivity contribution in [3.63, 3.8) is 0 Å². The van der Waals surface area contributed by atoms with Crippen LogP contribution in [0.5, 0.6) is 5.75 Å². The summed E-state index contributed by atoms with van der Waals surface area (Å²) in [4.78, 5) is 29.7. The summed E-state index contributed by atoms with van der Waals surface area (Å²) >= 11 is 0. The van der Waals surface area contributed by atoms with Crippen LogP contribution >= 0.6 is 0 Å². The van der Waals surface area contributed by atoms with Crippen molar-refractivity contribution < 1.29 is 14.3 Å². The zero-order valence-corrected chi connectivity index (χ0v) is 20.4. The minimum Gasteiger partial charge on any atom is -0.489 e. The Kier molecular flexibility index (Phi) is 7.60. The fourth-order valence-electron chi connectivity index (χ4n) is 3.96. The first-order valence-electron chi connectivity index (χ1n) is 11.9. The van der Waals surface area contributed by atoms with Crippen LogP contribution in [-0.2, 0) is 24.3 Å². The lowest BCUT2D eigenvalue weighted by molar-refractivity contribution is 0.0600. The lowest BCUT2D eigenvalue weighted by atomic mass is 10.1. The summed E-state index contributed by atoms with van der Waals surface area (Å²) in [6, 6.07) is 20.8. The van der Waals surface area contributed by atoms with Gasteiger partial charge in [0.25, 0.3) is 5.56 Å². The smallest absolute Gasteiger partial charge is 0.337 e. The van der Waals surface area contributed by atoms with Crippen LogP contribution in [0.25, 0.3) is 10.9 Å². The molecule has 35 heavy (non-hydrogen) atoms. The Morgan fingerprint density at radius 1 is 0.971 bits per heavy atom. The standard InChI is InChI=1S/C29H30N2O4/c1-4-5-6-27-30-26-16-7-20(2)17-25(26)28(32)31(27)18-21-10-14-24(15-11-21)35-19-22-8-12-23(13-9-22)29(33)34-3/h7-17H,4-6,18-19H2,1-3H3. The lowest BCUT2D eigenvalue weighted by Gasteiger charge is -2.14. The molecule has 180 valence electrons. The molecular formula is C29H30N2O4. The van der Waals surface area contributed by atoms with Crippen LogP contribution in [0.1, 0.15) is 52.6 Å². The number of esters is 1. The third-order valence-corrected chi connectivity index (χ3v) is 5.99. The van der Waals surface area contributed by atoms with Crippen LogP contribution in [0.15, 0.2) is 71.5 Å². The Labute approximate surface area is 205 Å². The van der Waals surface area contributed by atoms with E-state index in [9.17, 15) is 9.59 Å². The van der Waals surface area contributed by atoms with Gasteiger partial charge in [-0.15, -0.1) is 0 Å². The van der Waals surface area contributed by atoms with Crippen molar-refractivity contribution in [1.82, 2.24) is 9.55 Å². The molecule has 6 nitrogen and oxygen atoms in total. The number of nitrogens with zero attached hydrogens (tertiary/aromatic N) is 2. The Balaban J connectivity index is 1.50. The normalized spacial score (nSPS) is 10.9. The molecule has 6 heteroatoms.